The third-order valence-corrected chi connectivity index (χ3v) is 6.70. The van der Waals surface area contributed by atoms with Gasteiger partial charge in [-0.2, -0.15) is 0 Å². The van der Waals surface area contributed by atoms with E-state index in [2.05, 4.69) is 58.0 Å². The molecule has 0 atom stereocenters. The summed E-state index contributed by atoms with van der Waals surface area (Å²) in [6, 6.07) is 16.5. The zero-order valence-electron chi connectivity index (χ0n) is 20.8. The Hall–Kier alpha value is -3.35. The SMILES string of the molecule is CN1CCN(c2ccc(/C=C/C(=O)/C=C(O)/C=C/c3ccc(N4CCN(C)CC4)cc3)cc2)CC1. The molecule has 0 bridgehead atoms. The molecule has 2 saturated heterocycles. The van der Waals surface area contributed by atoms with Crippen LogP contribution in [0.15, 0.2) is 72.5 Å². The average molecular weight is 473 g/mol. The van der Waals surface area contributed by atoms with Crippen LogP contribution in [0, 0.1) is 0 Å². The number of anilines is 2. The van der Waals surface area contributed by atoms with E-state index >= 15 is 0 Å². The molecule has 0 amide bonds. The number of piperazine rings is 2. The number of nitrogens with zero attached hydrogens (tertiary/aromatic N) is 4. The highest BCUT2D eigenvalue weighted by molar-refractivity contribution is 6.02. The van der Waals surface area contributed by atoms with Crippen molar-refractivity contribution in [2.75, 3.05) is 76.3 Å². The molecule has 6 heteroatoms. The fraction of sp³-hybridized carbons (Fsp3) is 0.345. The van der Waals surface area contributed by atoms with Gasteiger partial charge in [-0.1, -0.05) is 36.4 Å². The van der Waals surface area contributed by atoms with Crippen LogP contribution in [0.4, 0.5) is 11.4 Å². The fourth-order valence-electron chi connectivity index (χ4n) is 4.32. The first-order chi connectivity index (χ1) is 17.0. The standard InChI is InChI=1S/C29H36N4O2/c1-30-15-19-32(20-16-30)26-9-3-24(4-10-26)7-13-28(34)23-29(35)14-8-25-5-11-27(12-6-25)33-21-17-31(2)18-22-33/h3-14,23,34H,15-22H2,1-2H3/b13-7+,14-8+,28-23-. The van der Waals surface area contributed by atoms with Crippen molar-refractivity contribution in [2.24, 2.45) is 0 Å². The van der Waals surface area contributed by atoms with Gasteiger partial charge in [-0.15, -0.1) is 0 Å². The monoisotopic (exact) mass is 472 g/mol. The molecular formula is C29H36N4O2. The summed E-state index contributed by atoms with van der Waals surface area (Å²) in [5.41, 5.74) is 4.36. The number of aliphatic hydroxyl groups excluding tert-OH is 1. The lowest BCUT2D eigenvalue weighted by atomic mass is 10.1. The van der Waals surface area contributed by atoms with Gasteiger partial charge >= 0.3 is 0 Å². The quantitative estimate of drug-likeness (QED) is 0.374. The molecule has 2 aliphatic heterocycles. The van der Waals surface area contributed by atoms with E-state index in [1.165, 1.54) is 23.5 Å². The lowest BCUT2D eigenvalue weighted by molar-refractivity contribution is -0.110. The minimum atomic E-state index is -0.249. The van der Waals surface area contributed by atoms with Crippen molar-refractivity contribution in [3.05, 3.63) is 83.6 Å². The molecule has 0 saturated carbocycles. The van der Waals surface area contributed by atoms with Crippen molar-refractivity contribution in [1.82, 2.24) is 9.80 Å². The largest absolute Gasteiger partial charge is 0.508 e. The maximum absolute atomic E-state index is 12.2. The summed E-state index contributed by atoms with van der Waals surface area (Å²) in [5.74, 6) is -0.311. The van der Waals surface area contributed by atoms with Crippen LogP contribution in [0.1, 0.15) is 11.1 Å². The van der Waals surface area contributed by atoms with Crippen LogP contribution >= 0.6 is 0 Å². The van der Waals surface area contributed by atoms with Gasteiger partial charge in [0, 0.05) is 69.8 Å². The van der Waals surface area contributed by atoms with E-state index < -0.39 is 0 Å². The van der Waals surface area contributed by atoms with E-state index in [0.29, 0.717) is 0 Å². The maximum Gasteiger partial charge on any atom is 0.182 e. The first-order valence-electron chi connectivity index (χ1n) is 12.3. The van der Waals surface area contributed by atoms with Gasteiger partial charge in [-0.25, -0.2) is 0 Å². The van der Waals surface area contributed by atoms with Gasteiger partial charge in [0.25, 0.3) is 0 Å². The third kappa shape index (κ3) is 7.31. The molecule has 35 heavy (non-hydrogen) atoms. The molecule has 6 nitrogen and oxygen atoms in total. The molecule has 2 aliphatic rings. The van der Waals surface area contributed by atoms with Crippen molar-refractivity contribution in [1.29, 1.82) is 0 Å². The van der Waals surface area contributed by atoms with Crippen LogP contribution in [0.25, 0.3) is 12.2 Å². The number of aliphatic hydroxyl groups is 1. The van der Waals surface area contributed by atoms with Gasteiger partial charge in [0.05, 0.1) is 0 Å². The van der Waals surface area contributed by atoms with E-state index in [9.17, 15) is 9.90 Å². The van der Waals surface area contributed by atoms with Crippen molar-refractivity contribution in [3.63, 3.8) is 0 Å². The van der Waals surface area contributed by atoms with Crippen LogP contribution < -0.4 is 9.80 Å². The van der Waals surface area contributed by atoms with Crippen molar-refractivity contribution >= 4 is 29.3 Å². The molecule has 0 unspecified atom stereocenters. The normalized spacial score (nSPS) is 18.6. The zero-order chi connectivity index (χ0) is 24.6. The molecule has 2 aromatic carbocycles. The highest BCUT2D eigenvalue weighted by Crippen LogP contribution is 2.19. The Morgan fingerprint density at radius 3 is 1.49 bits per heavy atom. The van der Waals surface area contributed by atoms with Crippen molar-refractivity contribution in [3.8, 4) is 0 Å². The number of hydrogen-bond donors (Lipinski definition) is 1. The minimum absolute atomic E-state index is 0.0618. The van der Waals surface area contributed by atoms with Gasteiger partial charge in [-0.05, 0) is 61.6 Å². The van der Waals surface area contributed by atoms with E-state index in [0.717, 1.165) is 63.5 Å². The average Bonchev–Trinajstić information content (AvgIpc) is 2.88. The molecule has 2 aromatic rings. The van der Waals surface area contributed by atoms with Crippen LogP contribution in [0.3, 0.4) is 0 Å². The Balaban J connectivity index is 1.28. The lowest BCUT2D eigenvalue weighted by Crippen LogP contribution is -2.44. The maximum atomic E-state index is 12.2. The summed E-state index contributed by atoms with van der Waals surface area (Å²) in [6.07, 6.45) is 7.87. The molecule has 0 spiro atoms. The molecule has 184 valence electrons. The first-order valence-corrected chi connectivity index (χ1v) is 12.3. The molecule has 0 aromatic heterocycles. The second kappa shape index (κ2) is 11.9. The summed E-state index contributed by atoms with van der Waals surface area (Å²) in [7, 11) is 4.30. The number of carbonyl (C=O) groups is 1. The lowest BCUT2D eigenvalue weighted by Gasteiger charge is -2.34. The number of hydrogen-bond acceptors (Lipinski definition) is 6. The van der Waals surface area contributed by atoms with Gasteiger partial charge in [-0.3, -0.25) is 4.79 Å². The van der Waals surface area contributed by atoms with Crippen LogP contribution in [0.5, 0.6) is 0 Å². The summed E-state index contributed by atoms with van der Waals surface area (Å²) in [6.45, 7) is 8.42. The third-order valence-electron chi connectivity index (χ3n) is 6.70. The predicted molar refractivity (Wildman–Crippen MR) is 146 cm³/mol. The predicted octanol–water partition coefficient (Wildman–Crippen LogP) is 3.93. The number of carbonyl (C=O) groups excluding carboxylic acids is 1. The number of rotatable bonds is 7. The van der Waals surface area contributed by atoms with E-state index in [1.54, 1.807) is 12.2 Å². The Morgan fingerprint density at radius 2 is 1.06 bits per heavy atom. The Labute approximate surface area is 209 Å². The number of ketones is 1. The molecule has 1 N–H and O–H groups in total. The smallest absolute Gasteiger partial charge is 0.182 e. The number of benzene rings is 2. The van der Waals surface area contributed by atoms with Crippen LogP contribution in [0.2, 0.25) is 0 Å². The highest BCUT2D eigenvalue weighted by Gasteiger charge is 2.14. The Morgan fingerprint density at radius 1 is 0.657 bits per heavy atom. The molecule has 0 radical (unpaired) electrons. The summed E-state index contributed by atoms with van der Waals surface area (Å²) in [5, 5.41) is 10.2. The fourth-order valence-corrected chi connectivity index (χ4v) is 4.32. The molecule has 2 heterocycles. The summed E-state index contributed by atoms with van der Waals surface area (Å²) in [4.78, 5) is 21.7. The van der Waals surface area contributed by atoms with Gasteiger partial charge < -0.3 is 24.7 Å². The number of allylic oxidation sites excluding steroid dienone is 3. The van der Waals surface area contributed by atoms with Crippen LogP contribution in [-0.4, -0.2) is 87.1 Å². The Bertz CT molecular complexity index is 1060. The van der Waals surface area contributed by atoms with Crippen molar-refractivity contribution in [2.45, 2.75) is 0 Å². The first kappa shape index (κ1) is 24.8. The minimum Gasteiger partial charge on any atom is -0.508 e. The second-order valence-electron chi connectivity index (χ2n) is 9.40. The van der Waals surface area contributed by atoms with Crippen molar-refractivity contribution < 1.29 is 9.90 Å². The highest BCUT2D eigenvalue weighted by atomic mass is 16.3. The molecule has 4 rings (SSSR count). The van der Waals surface area contributed by atoms with E-state index in [4.69, 9.17) is 0 Å². The van der Waals surface area contributed by atoms with Crippen LogP contribution in [-0.2, 0) is 4.79 Å². The second-order valence-corrected chi connectivity index (χ2v) is 9.40. The zero-order valence-corrected chi connectivity index (χ0v) is 20.8. The molecule has 0 aliphatic carbocycles. The Kier molecular flexibility index (Phi) is 8.40. The van der Waals surface area contributed by atoms with Gasteiger partial charge in [0.2, 0.25) is 0 Å². The summed E-state index contributed by atoms with van der Waals surface area (Å²) >= 11 is 0. The molecular weight excluding hydrogens is 436 g/mol. The van der Waals surface area contributed by atoms with Gasteiger partial charge in [0.15, 0.2) is 5.78 Å². The van der Waals surface area contributed by atoms with E-state index in [-0.39, 0.29) is 11.5 Å². The number of likely N-dealkylation sites (N-methyl/N-ethyl adjacent to an activating group) is 2. The summed E-state index contributed by atoms with van der Waals surface area (Å²) < 4.78 is 0. The topological polar surface area (TPSA) is 50.3 Å². The molecule has 2 fully saturated rings. The van der Waals surface area contributed by atoms with E-state index in [1.807, 2.05) is 30.3 Å². The van der Waals surface area contributed by atoms with Gasteiger partial charge in [0.1, 0.15) is 5.76 Å².